The molecule has 0 saturated heterocycles. The van der Waals surface area contributed by atoms with Gasteiger partial charge in [0.05, 0.1) is 6.54 Å². The van der Waals surface area contributed by atoms with E-state index >= 15 is 0 Å². The monoisotopic (exact) mass is 367 g/mol. The number of hydrogen-bond acceptors (Lipinski definition) is 3. The molecule has 7 heteroatoms. The van der Waals surface area contributed by atoms with Crippen molar-refractivity contribution in [1.29, 1.82) is 0 Å². The van der Waals surface area contributed by atoms with E-state index in [1.165, 1.54) is 0 Å². The minimum atomic E-state index is -1.09. The Morgan fingerprint density at radius 1 is 1.07 bits per heavy atom. The van der Waals surface area contributed by atoms with E-state index in [1.807, 2.05) is 54.6 Å². The number of para-hydroxylation sites is 2. The molecule has 0 spiro atoms. The Balaban J connectivity index is 1.50. The summed E-state index contributed by atoms with van der Waals surface area (Å²) in [5, 5.41) is 15.5. The summed E-state index contributed by atoms with van der Waals surface area (Å²) in [5.74, 6) is -0.376. The van der Waals surface area contributed by atoms with E-state index in [4.69, 9.17) is 4.74 Å². The summed E-state index contributed by atoms with van der Waals surface area (Å²) < 4.78 is 5.48. The van der Waals surface area contributed by atoms with Crippen LogP contribution in [-0.2, 0) is 11.2 Å². The van der Waals surface area contributed by atoms with Crippen LogP contribution in [0.3, 0.4) is 0 Å². The normalized spacial score (nSPS) is 11.7. The summed E-state index contributed by atoms with van der Waals surface area (Å²) in [6, 6.07) is 15.3. The van der Waals surface area contributed by atoms with Gasteiger partial charge < -0.3 is 25.5 Å². The second-order valence-electron chi connectivity index (χ2n) is 6.02. The first-order valence-electron chi connectivity index (χ1n) is 8.63. The maximum Gasteiger partial charge on any atom is 0.326 e. The molecule has 1 aromatic heterocycles. The molecule has 0 aliphatic heterocycles. The summed E-state index contributed by atoms with van der Waals surface area (Å²) >= 11 is 0. The van der Waals surface area contributed by atoms with Crippen molar-refractivity contribution in [2.45, 2.75) is 12.5 Å². The Labute approximate surface area is 156 Å². The van der Waals surface area contributed by atoms with Gasteiger partial charge in [0, 0.05) is 23.5 Å². The fourth-order valence-electron chi connectivity index (χ4n) is 2.78. The molecule has 3 aromatic rings. The number of benzene rings is 2. The van der Waals surface area contributed by atoms with Crippen LogP contribution in [0.1, 0.15) is 5.56 Å². The highest BCUT2D eigenvalue weighted by atomic mass is 16.5. The molecule has 0 aliphatic rings. The number of ether oxygens (including phenoxy) is 1. The summed E-state index contributed by atoms with van der Waals surface area (Å²) in [4.78, 5) is 26.7. The molecule has 2 aromatic carbocycles. The van der Waals surface area contributed by atoms with Crippen LogP contribution in [0.2, 0.25) is 0 Å². The maximum atomic E-state index is 12.0. The van der Waals surface area contributed by atoms with Gasteiger partial charge in [-0.3, -0.25) is 0 Å². The van der Waals surface area contributed by atoms with Crippen molar-refractivity contribution in [2.75, 3.05) is 13.2 Å². The van der Waals surface area contributed by atoms with Crippen LogP contribution in [0.4, 0.5) is 4.79 Å². The zero-order chi connectivity index (χ0) is 19.1. The Kier molecular flexibility index (Phi) is 5.94. The first-order chi connectivity index (χ1) is 13.1. The Morgan fingerprint density at radius 3 is 2.59 bits per heavy atom. The molecule has 1 atom stereocenters. The topological polar surface area (TPSA) is 103 Å². The van der Waals surface area contributed by atoms with E-state index < -0.39 is 18.0 Å². The molecule has 0 radical (unpaired) electrons. The van der Waals surface area contributed by atoms with Crippen LogP contribution in [0.5, 0.6) is 5.75 Å². The van der Waals surface area contributed by atoms with Crippen LogP contribution in [0.15, 0.2) is 60.8 Å². The van der Waals surface area contributed by atoms with Gasteiger partial charge in [-0.1, -0.05) is 36.4 Å². The second kappa shape index (κ2) is 8.75. The number of carboxylic acids is 1. The Morgan fingerprint density at radius 2 is 1.81 bits per heavy atom. The molecule has 2 amide bonds. The number of fused-ring (bicyclic) bond motifs is 1. The molecule has 27 heavy (non-hydrogen) atoms. The number of hydrogen-bond donors (Lipinski definition) is 4. The average Bonchev–Trinajstić information content (AvgIpc) is 3.08. The minimum absolute atomic E-state index is 0.188. The lowest BCUT2D eigenvalue weighted by atomic mass is 10.1. The number of carbonyl (C=O) groups is 2. The third-order valence-corrected chi connectivity index (χ3v) is 4.10. The minimum Gasteiger partial charge on any atom is -0.492 e. The molecule has 0 fully saturated rings. The number of nitrogens with one attached hydrogen (secondary N) is 3. The van der Waals surface area contributed by atoms with Crippen LogP contribution < -0.4 is 15.4 Å². The lowest BCUT2D eigenvalue weighted by Crippen LogP contribution is -2.47. The predicted octanol–water partition coefficient (Wildman–Crippen LogP) is 2.54. The number of urea groups is 1. The van der Waals surface area contributed by atoms with Crippen molar-refractivity contribution in [1.82, 2.24) is 15.6 Å². The summed E-state index contributed by atoms with van der Waals surface area (Å²) in [5.41, 5.74) is 1.77. The number of aromatic nitrogens is 1. The van der Waals surface area contributed by atoms with E-state index in [0.717, 1.165) is 16.5 Å². The number of carboxylic acid groups (broad SMARTS) is 1. The standard InChI is InChI=1S/C20H21N3O4/c24-19(25)18(12-14-13-22-17-9-5-4-8-16(14)17)23-20(26)21-10-11-27-15-6-2-1-3-7-15/h1-9,13,18,22H,10-12H2,(H,24,25)(H2,21,23,26). The highest BCUT2D eigenvalue weighted by Gasteiger charge is 2.21. The highest BCUT2D eigenvalue weighted by molar-refractivity contribution is 5.86. The van der Waals surface area contributed by atoms with E-state index in [-0.39, 0.29) is 19.6 Å². The van der Waals surface area contributed by atoms with Crippen LogP contribution >= 0.6 is 0 Å². The van der Waals surface area contributed by atoms with Crippen molar-refractivity contribution < 1.29 is 19.4 Å². The summed E-state index contributed by atoms with van der Waals surface area (Å²) in [6.45, 7) is 0.553. The molecule has 3 rings (SSSR count). The van der Waals surface area contributed by atoms with Gasteiger partial charge in [-0.15, -0.1) is 0 Å². The smallest absolute Gasteiger partial charge is 0.326 e. The largest absolute Gasteiger partial charge is 0.492 e. The third-order valence-electron chi connectivity index (χ3n) is 4.10. The molecule has 0 aliphatic carbocycles. The number of aromatic amines is 1. The molecular weight excluding hydrogens is 346 g/mol. The first-order valence-corrected chi connectivity index (χ1v) is 8.63. The van der Waals surface area contributed by atoms with Gasteiger partial charge >= 0.3 is 12.0 Å². The zero-order valence-electron chi connectivity index (χ0n) is 14.6. The van der Waals surface area contributed by atoms with E-state index in [9.17, 15) is 14.7 Å². The quantitative estimate of drug-likeness (QED) is 0.459. The van der Waals surface area contributed by atoms with Gasteiger partial charge in [-0.25, -0.2) is 9.59 Å². The summed E-state index contributed by atoms with van der Waals surface area (Å²) in [6.07, 6.45) is 1.96. The van der Waals surface area contributed by atoms with Gasteiger partial charge in [-0.05, 0) is 23.8 Å². The first kappa shape index (κ1) is 18.3. The SMILES string of the molecule is O=C(NCCOc1ccccc1)NC(Cc1c[nH]c2ccccc12)C(=O)O. The number of amides is 2. The lowest BCUT2D eigenvalue weighted by Gasteiger charge is -2.15. The number of aliphatic carboxylic acids is 1. The molecule has 1 heterocycles. The molecule has 0 saturated carbocycles. The van der Waals surface area contributed by atoms with Crippen molar-refractivity contribution in [3.63, 3.8) is 0 Å². The molecule has 140 valence electrons. The Hall–Kier alpha value is -3.48. The average molecular weight is 367 g/mol. The van der Waals surface area contributed by atoms with Gasteiger partial charge in [0.2, 0.25) is 0 Å². The lowest BCUT2D eigenvalue weighted by molar-refractivity contribution is -0.139. The fraction of sp³-hybridized carbons (Fsp3) is 0.200. The van der Waals surface area contributed by atoms with E-state index in [1.54, 1.807) is 6.20 Å². The second-order valence-corrected chi connectivity index (χ2v) is 6.02. The molecule has 1 unspecified atom stereocenters. The molecule has 0 bridgehead atoms. The zero-order valence-corrected chi connectivity index (χ0v) is 14.6. The van der Waals surface area contributed by atoms with E-state index in [2.05, 4.69) is 15.6 Å². The predicted molar refractivity (Wildman–Crippen MR) is 102 cm³/mol. The fourth-order valence-corrected chi connectivity index (χ4v) is 2.78. The van der Waals surface area contributed by atoms with Crippen molar-refractivity contribution in [2.24, 2.45) is 0 Å². The third kappa shape index (κ3) is 5.01. The van der Waals surface area contributed by atoms with Crippen LogP contribution in [-0.4, -0.2) is 41.3 Å². The number of rotatable bonds is 8. The maximum absolute atomic E-state index is 12.0. The highest BCUT2D eigenvalue weighted by Crippen LogP contribution is 2.19. The molecule has 4 N–H and O–H groups in total. The van der Waals surface area contributed by atoms with Gasteiger partial charge in [0.25, 0.3) is 0 Å². The van der Waals surface area contributed by atoms with Crippen molar-refractivity contribution >= 4 is 22.9 Å². The molecule has 7 nitrogen and oxygen atoms in total. The van der Waals surface area contributed by atoms with Crippen molar-refractivity contribution in [3.05, 3.63) is 66.4 Å². The van der Waals surface area contributed by atoms with Gasteiger partial charge in [0.15, 0.2) is 0 Å². The van der Waals surface area contributed by atoms with E-state index in [0.29, 0.717) is 5.75 Å². The number of carbonyl (C=O) groups excluding carboxylic acids is 1. The van der Waals surface area contributed by atoms with Gasteiger partial charge in [-0.2, -0.15) is 0 Å². The molecular formula is C20H21N3O4. The summed E-state index contributed by atoms with van der Waals surface area (Å²) in [7, 11) is 0. The number of H-pyrrole nitrogens is 1. The van der Waals surface area contributed by atoms with Crippen LogP contribution in [0, 0.1) is 0 Å². The Bertz CT molecular complexity index is 908. The van der Waals surface area contributed by atoms with Crippen molar-refractivity contribution in [3.8, 4) is 5.75 Å². The van der Waals surface area contributed by atoms with Crippen LogP contribution in [0.25, 0.3) is 10.9 Å². The van der Waals surface area contributed by atoms with Gasteiger partial charge in [0.1, 0.15) is 18.4 Å².